The third-order valence-corrected chi connectivity index (χ3v) is 5.41. The number of thioether (sulfide) groups is 1. The summed E-state index contributed by atoms with van der Waals surface area (Å²) in [6.07, 6.45) is 3.60. The molecule has 0 saturated heterocycles. The first kappa shape index (κ1) is 17.7. The quantitative estimate of drug-likeness (QED) is 0.612. The number of likely N-dealkylation sites (N-methyl/N-ethyl adjacent to an activating group) is 1. The second kappa shape index (κ2) is 7.92. The van der Waals surface area contributed by atoms with Crippen molar-refractivity contribution in [3.05, 3.63) is 54.9 Å². The van der Waals surface area contributed by atoms with E-state index in [4.69, 9.17) is 9.47 Å². The van der Waals surface area contributed by atoms with Crippen LogP contribution in [0.2, 0.25) is 0 Å². The molecule has 7 heteroatoms. The van der Waals surface area contributed by atoms with E-state index in [0.717, 1.165) is 22.2 Å². The van der Waals surface area contributed by atoms with Crippen molar-refractivity contribution in [3.63, 3.8) is 0 Å². The Labute approximate surface area is 162 Å². The Bertz CT molecular complexity index is 943. The predicted octanol–water partition coefficient (Wildman–Crippen LogP) is 3.11. The zero-order valence-electron chi connectivity index (χ0n) is 15.1. The van der Waals surface area contributed by atoms with Gasteiger partial charge in [-0.1, -0.05) is 30.0 Å². The smallest absolute Gasteiger partial charge is 0.233 e. The number of rotatable bonds is 6. The molecule has 0 radical (unpaired) electrons. The molecule has 3 aromatic rings. The Morgan fingerprint density at radius 1 is 1.26 bits per heavy atom. The molecule has 140 valence electrons. The molecule has 1 amide bonds. The summed E-state index contributed by atoms with van der Waals surface area (Å²) in [6.45, 7) is 3.56. The molecule has 2 aromatic heterocycles. The van der Waals surface area contributed by atoms with Crippen molar-refractivity contribution in [1.82, 2.24) is 14.3 Å². The van der Waals surface area contributed by atoms with Crippen LogP contribution in [-0.2, 0) is 4.79 Å². The van der Waals surface area contributed by atoms with Crippen molar-refractivity contribution in [2.45, 2.75) is 18.2 Å². The van der Waals surface area contributed by atoms with Crippen molar-refractivity contribution in [2.24, 2.45) is 0 Å². The number of aromatic nitrogens is 2. The Balaban J connectivity index is 1.36. The first-order valence-electron chi connectivity index (χ1n) is 8.95. The number of carbonyl (C=O) groups excluding carboxylic acids is 1. The van der Waals surface area contributed by atoms with Gasteiger partial charge in [-0.05, 0) is 31.2 Å². The van der Waals surface area contributed by atoms with Gasteiger partial charge >= 0.3 is 0 Å². The topological polar surface area (TPSA) is 56.1 Å². The number of carbonyl (C=O) groups is 1. The maximum Gasteiger partial charge on any atom is 0.233 e. The number of hydrogen-bond donors (Lipinski definition) is 0. The van der Waals surface area contributed by atoms with Crippen molar-refractivity contribution in [1.29, 1.82) is 0 Å². The average Bonchev–Trinajstić information content (AvgIpc) is 3.13. The number of amides is 1. The van der Waals surface area contributed by atoms with Crippen LogP contribution >= 0.6 is 11.8 Å². The SMILES string of the molecule is CCN(CC1COc2ccccc2O1)C(=O)CSc1ncc2ccccn12. The number of hydrogen-bond acceptors (Lipinski definition) is 5. The molecular formula is C20H21N3O3S. The molecule has 0 fully saturated rings. The van der Waals surface area contributed by atoms with Gasteiger partial charge in [0.05, 0.1) is 24.0 Å². The first-order valence-corrected chi connectivity index (χ1v) is 9.94. The molecule has 3 heterocycles. The van der Waals surface area contributed by atoms with E-state index in [9.17, 15) is 4.79 Å². The van der Waals surface area contributed by atoms with E-state index in [2.05, 4.69) is 4.98 Å². The summed E-state index contributed by atoms with van der Waals surface area (Å²) in [5, 5.41) is 0.821. The maximum absolute atomic E-state index is 12.7. The van der Waals surface area contributed by atoms with Gasteiger partial charge in [0.25, 0.3) is 0 Å². The molecule has 1 aliphatic heterocycles. The van der Waals surface area contributed by atoms with Gasteiger partial charge in [-0.3, -0.25) is 9.20 Å². The summed E-state index contributed by atoms with van der Waals surface area (Å²) >= 11 is 1.45. The van der Waals surface area contributed by atoms with Crippen LogP contribution in [0.15, 0.2) is 60.0 Å². The molecule has 1 aliphatic rings. The second-order valence-corrected chi connectivity index (χ2v) is 7.20. The normalized spacial score (nSPS) is 15.7. The molecule has 0 saturated carbocycles. The summed E-state index contributed by atoms with van der Waals surface area (Å²) in [4.78, 5) is 18.9. The molecule has 0 spiro atoms. The van der Waals surface area contributed by atoms with Crippen molar-refractivity contribution >= 4 is 23.2 Å². The largest absolute Gasteiger partial charge is 0.486 e. The van der Waals surface area contributed by atoms with Crippen LogP contribution in [0.5, 0.6) is 11.5 Å². The van der Waals surface area contributed by atoms with Crippen LogP contribution in [0.1, 0.15) is 6.92 Å². The summed E-state index contributed by atoms with van der Waals surface area (Å²) in [6, 6.07) is 13.5. The van der Waals surface area contributed by atoms with Crippen molar-refractivity contribution in [3.8, 4) is 11.5 Å². The zero-order valence-corrected chi connectivity index (χ0v) is 15.9. The second-order valence-electron chi connectivity index (χ2n) is 6.25. The fraction of sp³-hybridized carbons (Fsp3) is 0.300. The zero-order chi connectivity index (χ0) is 18.6. The Morgan fingerprint density at radius 3 is 2.93 bits per heavy atom. The third kappa shape index (κ3) is 3.88. The first-order chi connectivity index (χ1) is 13.2. The van der Waals surface area contributed by atoms with Gasteiger partial charge in [-0.15, -0.1) is 0 Å². The number of ether oxygens (including phenoxy) is 2. The molecule has 0 bridgehead atoms. The lowest BCUT2D eigenvalue weighted by Crippen LogP contribution is -2.44. The van der Waals surface area contributed by atoms with Gasteiger partial charge in [0.15, 0.2) is 22.8 Å². The molecule has 0 aliphatic carbocycles. The van der Waals surface area contributed by atoms with Crippen LogP contribution < -0.4 is 9.47 Å². The number of para-hydroxylation sites is 2. The molecule has 1 unspecified atom stereocenters. The van der Waals surface area contributed by atoms with Gasteiger partial charge in [-0.2, -0.15) is 0 Å². The number of nitrogens with zero attached hydrogens (tertiary/aromatic N) is 3. The van der Waals surface area contributed by atoms with Crippen molar-refractivity contribution < 1.29 is 14.3 Å². The highest BCUT2D eigenvalue weighted by Crippen LogP contribution is 2.31. The van der Waals surface area contributed by atoms with Gasteiger partial charge in [0.2, 0.25) is 5.91 Å². The number of fused-ring (bicyclic) bond motifs is 2. The minimum Gasteiger partial charge on any atom is -0.486 e. The predicted molar refractivity (Wildman–Crippen MR) is 105 cm³/mol. The average molecular weight is 383 g/mol. The Kier molecular flexibility index (Phi) is 5.20. The van der Waals surface area contributed by atoms with E-state index in [0.29, 0.717) is 25.4 Å². The van der Waals surface area contributed by atoms with Crippen LogP contribution in [0, 0.1) is 0 Å². The van der Waals surface area contributed by atoms with Gasteiger partial charge in [0.1, 0.15) is 6.61 Å². The van der Waals surface area contributed by atoms with E-state index in [1.807, 2.05) is 71.1 Å². The minimum atomic E-state index is -0.166. The van der Waals surface area contributed by atoms with Crippen molar-refractivity contribution in [2.75, 3.05) is 25.4 Å². The monoisotopic (exact) mass is 383 g/mol. The number of benzene rings is 1. The maximum atomic E-state index is 12.7. The summed E-state index contributed by atoms with van der Waals surface area (Å²) in [7, 11) is 0. The highest BCUT2D eigenvalue weighted by atomic mass is 32.2. The molecule has 1 aromatic carbocycles. The van der Waals surface area contributed by atoms with Gasteiger partial charge < -0.3 is 14.4 Å². The molecule has 6 nitrogen and oxygen atoms in total. The Hall–Kier alpha value is -2.67. The molecule has 4 rings (SSSR count). The highest BCUT2D eigenvalue weighted by Gasteiger charge is 2.25. The number of pyridine rings is 1. The molecule has 27 heavy (non-hydrogen) atoms. The standard InChI is InChI=1S/C20H21N3O3S/c1-2-22(12-16-13-25-17-8-3-4-9-18(17)26-16)19(24)14-27-20-21-11-15-7-5-6-10-23(15)20/h3-11,16H,2,12-14H2,1H3. The summed E-state index contributed by atoms with van der Waals surface area (Å²) in [5.41, 5.74) is 1.02. The van der Waals surface area contributed by atoms with E-state index < -0.39 is 0 Å². The van der Waals surface area contributed by atoms with Gasteiger partial charge in [0, 0.05) is 12.7 Å². The van der Waals surface area contributed by atoms with E-state index in [1.54, 1.807) is 0 Å². The fourth-order valence-electron chi connectivity index (χ4n) is 3.05. The lowest BCUT2D eigenvalue weighted by atomic mass is 10.2. The van der Waals surface area contributed by atoms with Crippen LogP contribution in [0.3, 0.4) is 0 Å². The minimum absolute atomic E-state index is 0.0673. The summed E-state index contributed by atoms with van der Waals surface area (Å²) < 4.78 is 13.7. The molecule has 1 atom stereocenters. The lowest BCUT2D eigenvalue weighted by Gasteiger charge is -2.30. The van der Waals surface area contributed by atoms with Gasteiger partial charge in [-0.25, -0.2) is 4.98 Å². The van der Waals surface area contributed by atoms with Crippen LogP contribution in [0.4, 0.5) is 0 Å². The van der Waals surface area contributed by atoms with E-state index in [-0.39, 0.29) is 12.0 Å². The third-order valence-electron chi connectivity index (χ3n) is 4.46. The highest BCUT2D eigenvalue weighted by molar-refractivity contribution is 7.99. The van der Waals surface area contributed by atoms with Crippen LogP contribution in [-0.4, -0.2) is 51.7 Å². The number of imidazole rings is 1. The Morgan fingerprint density at radius 2 is 2.07 bits per heavy atom. The van der Waals surface area contributed by atoms with E-state index >= 15 is 0 Å². The fourth-order valence-corrected chi connectivity index (χ4v) is 3.92. The molecular weight excluding hydrogens is 362 g/mol. The summed E-state index contributed by atoms with van der Waals surface area (Å²) in [5.74, 6) is 1.89. The van der Waals surface area contributed by atoms with E-state index in [1.165, 1.54) is 11.8 Å². The molecule has 0 N–H and O–H groups in total. The lowest BCUT2D eigenvalue weighted by molar-refractivity contribution is -0.129. The van der Waals surface area contributed by atoms with Crippen LogP contribution in [0.25, 0.3) is 5.52 Å².